The van der Waals surface area contributed by atoms with Crippen LogP contribution in [0.3, 0.4) is 0 Å². The van der Waals surface area contributed by atoms with E-state index in [1.54, 1.807) is 34.4 Å². The molecular weight excluding hydrogens is 282 g/mol. The molecule has 3 heterocycles. The zero-order chi connectivity index (χ0) is 12.5. The third kappa shape index (κ3) is 2.35. The van der Waals surface area contributed by atoms with E-state index in [1.807, 2.05) is 11.0 Å². The lowest BCUT2D eigenvalue weighted by molar-refractivity contribution is -0.128. The number of thioether (sulfide) groups is 1. The highest BCUT2D eigenvalue weighted by atomic mass is 32.2. The molecule has 0 bridgehead atoms. The van der Waals surface area contributed by atoms with Crippen LogP contribution in [0.15, 0.2) is 29.6 Å². The second-order valence-corrected chi connectivity index (χ2v) is 7.63. The second-order valence-electron chi connectivity index (χ2n) is 4.21. The number of thiophene rings is 2. The molecule has 2 nitrogen and oxygen atoms in total. The Labute approximate surface area is 119 Å². The van der Waals surface area contributed by atoms with Crippen LogP contribution in [-0.2, 0) is 11.3 Å². The molecule has 18 heavy (non-hydrogen) atoms. The number of aryl methyl sites for hydroxylation is 1. The number of rotatable bonds is 3. The molecular formula is C13H13NOS3. The highest BCUT2D eigenvalue weighted by molar-refractivity contribution is 8.00. The van der Waals surface area contributed by atoms with E-state index < -0.39 is 0 Å². The first-order valence-electron chi connectivity index (χ1n) is 5.74. The Balaban J connectivity index is 1.83. The van der Waals surface area contributed by atoms with E-state index in [9.17, 15) is 4.79 Å². The molecule has 2 aromatic rings. The predicted octanol–water partition coefficient (Wildman–Crippen LogP) is 3.89. The van der Waals surface area contributed by atoms with Crippen molar-refractivity contribution in [1.82, 2.24) is 4.90 Å². The van der Waals surface area contributed by atoms with Crippen molar-refractivity contribution in [2.45, 2.75) is 18.8 Å². The van der Waals surface area contributed by atoms with E-state index in [-0.39, 0.29) is 11.3 Å². The Morgan fingerprint density at radius 3 is 2.94 bits per heavy atom. The first-order chi connectivity index (χ1) is 8.74. The molecule has 0 saturated carbocycles. The van der Waals surface area contributed by atoms with Gasteiger partial charge < -0.3 is 4.90 Å². The van der Waals surface area contributed by atoms with Gasteiger partial charge in [0.1, 0.15) is 5.37 Å². The van der Waals surface area contributed by atoms with Crippen molar-refractivity contribution in [2.24, 2.45) is 0 Å². The minimum atomic E-state index is 0.207. The van der Waals surface area contributed by atoms with Crippen LogP contribution >= 0.6 is 34.4 Å². The van der Waals surface area contributed by atoms with Gasteiger partial charge in [0.05, 0.1) is 12.3 Å². The van der Waals surface area contributed by atoms with Crippen LogP contribution < -0.4 is 0 Å². The highest BCUT2D eigenvalue weighted by Gasteiger charge is 2.33. The SMILES string of the molecule is Cc1ccc(C2SCC(=O)N2Cc2cccs2)s1. The summed E-state index contributed by atoms with van der Waals surface area (Å²) in [6, 6.07) is 8.42. The number of hydrogen-bond acceptors (Lipinski definition) is 4. The lowest BCUT2D eigenvalue weighted by atomic mass is 10.3. The monoisotopic (exact) mass is 295 g/mol. The molecule has 1 atom stereocenters. The lowest BCUT2D eigenvalue weighted by Crippen LogP contribution is -2.26. The van der Waals surface area contributed by atoms with Crippen molar-refractivity contribution in [3.05, 3.63) is 44.3 Å². The number of amides is 1. The van der Waals surface area contributed by atoms with Gasteiger partial charge in [-0.1, -0.05) is 6.07 Å². The normalized spacial score (nSPS) is 19.7. The standard InChI is InChI=1S/C13H13NOS3/c1-9-4-5-11(18-9)13-14(12(15)8-17-13)7-10-3-2-6-16-10/h2-6,13H,7-8H2,1H3. The largest absolute Gasteiger partial charge is 0.320 e. The van der Waals surface area contributed by atoms with Crippen molar-refractivity contribution in [1.29, 1.82) is 0 Å². The summed E-state index contributed by atoms with van der Waals surface area (Å²) in [5.41, 5.74) is 0. The molecule has 1 aliphatic heterocycles. The summed E-state index contributed by atoms with van der Waals surface area (Å²) in [6.45, 7) is 2.85. The van der Waals surface area contributed by atoms with Gasteiger partial charge in [0, 0.05) is 14.6 Å². The molecule has 3 rings (SSSR count). The van der Waals surface area contributed by atoms with Crippen LogP contribution in [-0.4, -0.2) is 16.6 Å². The average Bonchev–Trinajstić information content (AvgIpc) is 3.04. The fourth-order valence-corrected chi connectivity index (χ4v) is 5.02. The van der Waals surface area contributed by atoms with Crippen molar-refractivity contribution in [2.75, 3.05) is 5.75 Å². The Morgan fingerprint density at radius 2 is 2.28 bits per heavy atom. The maximum absolute atomic E-state index is 12.0. The van der Waals surface area contributed by atoms with Gasteiger partial charge in [0.15, 0.2) is 0 Å². The number of carbonyl (C=O) groups is 1. The van der Waals surface area contributed by atoms with Crippen molar-refractivity contribution >= 4 is 40.3 Å². The smallest absolute Gasteiger partial charge is 0.234 e. The predicted molar refractivity (Wildman–Crippen MR) is 79.1 cm³/mol. The summed E-state index contributed by atoms with van der Waals surface area (Å²) in [5, 5.41) is 2.27. The molecule has 1 unspecified atom stereocenters. The molecule has 94 valence electrons. The topological polar surface area (TPSA) is 20.3 Å². The van der Waals surface area contributed by atoms with Crippen LogP contribution in [0.2, 0.25) is 0 Å². The van der Waals surface area contributed by atoms with Gasteiger partial charge in [-0.25, -0.2) is 0 Å². The summed E-state index contributed by atoms with van der Waals surface area (Å²) in [7, 11) is 0. The minimum absolute atomic E-state index is 0.207. The maximum atomic E-state index is 12.0. The summed E-state index contributed by atoms with van der Waals surface area (Å²) >= 11 is 5.24. The number of nitrogens with zero attached hydrogens (tertiary/aromatic N) is 1. The Kier molecular flexibility index (Phi) is 3.46. The maximum Gasteiger partial charge on any atom is 0.234 e. The first-order valence-corrected chi connectivity index (χ1v) is 8.48. The van der Waals surface area contributed by atoms with Gasteiger partial charge in [-0.15, -0.1) is 34.4 Å². The van der Waals surface area contributed by atoms with Gasteiger partial charge in [-0.3, -0.25) is 4.79 Å². The zero-order valence-electron chi connectivity index (χ0n) is 9.96. The Hall–Kier alpha value is -0.780. The third-order valence-corrected chi connectivity index (χ3v) is 6.18. The van der Waals surface area contributed by atoms with Gasteiger partial charge >= 0.3 is 0 Å². The summed E-state index contributed by atoms with van der Waals surface area (Å²) in [5.74, 6) is 0.858. The Bertz CT molecular complexity index is 546. The molecule has 5 heteroatoms. The molecule has 0 radical (unpaired) electrons. The fourth-order valence-electron chi connectivity index (χ4n) is 2.02. The van der Waals surface area contributed by atoms with Crippen LogP contribution in [0.1, 0.15) is 20.0 Å². The second kappa shape index (κ2) is 5.07. The van der Waals surface area contributed by atoms with Gasteiger partial charge in [-0.05, 0) is 30.5 Å². The van der Waals surface area contributed by atoms with E-state index >= 15 is 0 Å². The van der Waals surface area contributed by atoms with E-state index in [0.29, 0.717) is 5.75 Å². The van der Waals surface area contributed by atoms with Crippen LogP contribution in [0, 0.1) is 6.92 Å². The first kappa shape index (κ1) is 12.3. The van der Waals surface area contributed by atoms with Gasteiger partial charge in [0.2, 0.25) is 5.91 Å². The zero-order valence-corrected chi connectivity index (χ0v) is 12.4. The van der Waals surface area contributed by atoms with Crippen LogP contribution in [0.5, 0.6) is 0 Å². The van der Waals surface area contributed by atoms with Crippen molar-refractivity contribution < 1.29 is 4.79 Å². The van der Waals surface area contributed by atoms with Crippen molar-refractivity contribution in [3.63, 3.8) is 0 Å². The lowest BCUT2D eigenvalue weighted by Gasteiger charge is -2.22. The molecule has 1 amide bonds. The molecule has 0 aliphatic carbocycles. The van der Waals surface area contributed by atoms with E-state index in [0.717, 1.165) is 6.54 Å². The fraction of sp³-hybridized carbons (Fsp3) is 0.308. The Morgan fingerprint density at radius 1 is 1.39 bits per heavy atom. The molecule has 1 saturated heterocycles. The average molecular weight is 295 g/mol. The van der Waals surface area contributed by atoms with Crippen molar-refractivity contribution in [3.8, 4) is 0 Å². The van der Waals surface area contributed by atoms with Gasteiger partial charge in [0.25, 0.3) is 0 Å². The van der Waals surface area contributed by atoms with Crippen LogP contribution in [0.25, 0.3) is 0 Å². The molecule has 2 aromatic heterocycles. The highest BCUT2D eigenvalue weighted by Crippen LogP contribution is 2.42. The number of hydrogen-bond donors (Lipinski definition) is 0. The quantitative estimate of drug-likeness (QED) is 0.856. The summed E-state index contributed by atoms with van der Waals surface area (Å²) in [4.78, 5) is 17.9. The molecule has 0 aromatic carbocycles. The van der Waals surface area contributed by atoms with Crippen LogP contribution in [0.4, 0.5) is 0 Å². The third-order valence-electron chi connectivity index (χ3n) is 2.88. The molecule has 0 spiro atoms. The summed E-state index contributed by atoms with van der Waals surface area (Å²) in [6.07, 6.45) is 0. The van der Waals surface area contributed by atoms with E-state index in [2.05, 4.69) is 30.5 Å². The van der Waals surface area contributed by atoms with Gasteiger partial charge in [-0.2, -0.15) is 0 Å². The molecule has 1 aliphatic rings. The van der Waals surface area contributed by atoms with E-state index in [1.165, 1.54) is 14.6 Å². The molecule has 1 fully saturated rings. The minimum Gasteiger partial charge on any atom is -0.320 e. The molecule has 0 N–H and O–H groups in total. The van der Waals surface area contributed by atoms with E-state index in [4.69, 9.17) is 0 Å². The number of carbonyl (C=O) groups excluding carboxylic acids is 1. The summed E-state index contributed by atoms with van der Waals surface area (Å²) < 4.78 is 0.